The van der Waals surface area contributed by atoms with Crippen LogP contribution >= 0.6 is 11.6 Å². The number of hydrogen-bond acceptors (Lipinski definition) is 2. The van der Waals surface area contributed by atoms with Crippen LogP contribution in [0.5, 0.6) is 0 Å². The molecule has 0 atom stereocenters. The van der Waals surface area contributed by atoms with Crippen LogP contribution in [0.25, 0.3) is 16.8 Å². The molecule has 0 bridgehead atoms. The number of nitrogens with one attached hydrogen (secondary N) is 1. The third-order valence-electron chi connectivity index (χ3n) is 2.60. The first-order chi connectivity index (χ1) is 8.27. The Hall–Kier alpha value is -2.07. The molecule has 0 saturated carbocycles. The number of imidazole rings is 1. The number of hydrogen-bond donors (Lipinski definition) is 1. The number of nitrogens with zero attached hydrogens (tertiary/aromatic N) is 2. The summed E-state index contributed by atoms with van der Waals surface area (Å²) >= 11 is 6.14. The SMILES string of the molecule is O=c1[nH]cc(-c2ccccc2Cl)c2nccn12. The molecule has 0 radical (unpaired) electrons. The summed E-state index contributed by atoms with van der Waals surface area (Å²) in [7, 11) is 0. The van der Waals surface area contributed by atoms with Gasteiger partial charge in [-0.05, 0) is 6.07 Å². The summed E-state index contributed by atoms with van der Waals surface area (Å²) in [5, 5.41) is 0.629. The van der Waals surface area contributed by atoms with E-state index in [4.69, 9.17) is 11.6 Å². The van der Waals surface area contributed by atoms with Gasteiger partial charge in [0.05, 0.1) is 0 Å². The summed E-state index contributed by atoms with van der Waals surface area (Å²) < 4.78 is 1.46. The van der Waals surface area contributed by atoms with E-state index in [-0.39, 0.29) is 5.69 Å². The van der Waals surface area contributed by atoms with Gasteiger partial charge in [0.25, 0.3) is 0 Å². The van der Waals surface area contributed by atoms with E-state index in [1.165, 1.54) is 4.40 Å². The molecule has 1 N–H and O–H groups in total. The molecule has 1 aromatic carbocycles. The largest absolute Gasteiger partial charge is 0.331 e. The monoisotopic (exact) mass is 245 g/mol. The number of aromatic nitrogens is 3. The van der Waals surface area contributed by atoms with Gasteiger partial charge in [-0.25, -0.2) is 9.78 Å². The molecule has 4 nitrogen and oxygen atoms in total. The highest BCUT2D eigenvalue weighted by Crippen LogP contribution is 2.28. The lowest BCUT2D eigenvalue weighted by Gasteiger charge is -2.05. The molecule has 84 valence electrons. The minimum Gasteiger partial charge on any atom is -0.313 e. The van der Waals surface area contributed by atoms with E-state index < -0.39 is 0 Å². The molecule has 3 aromatic rings. The van der Waals surface area contributed by atoms with E-state index >= 15 is 0 Å². The summed E-state index contributed by atoms with van der Waals surface area (Å²) in [6.45, 7) is 0. The molecule has 0 spiro atoms. The van der Waals surface area contributed by atoms with Crippen LogP contribution in [-0.4, -0.2) is 14.4 Å². The summed E-state index contributed by atoms with van der Waals surface area (Å²) in [6, 6.07) is 7.46. The zero-order valence-electron chi connectivity index (χ0n) is 8.72. The second-order valence-electron chi connectivity index (χ2n) is 3.61. The third kappa shape index (κ3) is 1.54. The van der Waals surface area contributed by atoms with Crippen LogP contribution in [0.1, 0.15) is 0 Å². The van der Waals surface area contributed by atoms with Crippen molar-refractivity contribution in [3.05, 3.63) is 58.4 Å². The van der Waals surface area contributed by atoms with Gasteiger partial charge in [-0.2, -0.15) is 0 Å². The normalized spacial score (nSPS) is 10.9. The molecule has 2 heterocycles. The summed E-state index contributed by atoms with van der Waals surface area (Å²) in [4.78, 5) is 18.4. The van der Waals surface area contributed by atoms with Gasteiger partial charge >= 0.3 is 5.69 Å². The van der Waals surface area contributed by atoms with Crippen LogP contribution in [0, 0.1) is 0 Å². The third-order valence-corrected chi connectivity index (χ3v) is 2.93. The zero-order chi connectivity index (χ0) is 11.8. The fourth-order valence-corrected chi connectivity index (χ4v) is 2.05. The molecule has 0 amide bonds. The lowest BCUT2D eigenvalue weighted by Crippen LogP contribution is -2.15. The Balaban J connectivity index is 2.39. The number of rotatable bonds is 1. The Bertz CT molecular complexity index is 745. The minimum atomic E-state index is -0.215. The van der Waals surface area contributed by atoms with Crippen molar-refractivity contribution in [1.29, 1.82) is 0 Å². The van der Waals surface area contributed by atoms with E-state index in [2.05, 4.69) is 9.97 Å². The molecule has 0 aliphatic carbocycles. The second-order valence-corrected chi connectivity index (χ2v) is 4.02. The van der Waals surface area contributed by atoms with Crippen molar-refractivity contribution in [1.82, 2.24) is 14.4 Å². The molecule has 0 unspecified atom stereocenters. The molecular formula is C12H8ClN3O. The fourth-order valence-electron chi connectivity index (χ4n) is 1.81. The van der Waals surface area contributed by atoms with Crippen LogP contribution in [-0.2, 0) is 0 Å². The number of halogens is 1. The summed E-state index contributed by atoms with van der Waals surface area (Å²) in [5.74, 6) is 0. The average molecular weight is 246 g/mol. The highest BCUT2D eigenvalue weighted by Gasteiger charge is 2.09. The van der Waals surface area contributed by atoms with Crippen molar-refractivity contribution in [2.24, 2.45) is 0 Å². The Kier molecular flexibility index (Phi) is 2.23. The number of benzene rings is 1. The van der Waals surface area contributed by atoms with Crippen LogP contribution in [0.2, 0.25) is 5.02 Å². The van der Waals surface area contributed by atoms with Gasteiger partial charge in [0, 0.05) is 34.7 Å². The van der Waals surface area contributed by atoms with Gasteiger partial charge in [0.2, 0.25) is 0 Å². The zero-order valence-corrected chi connectivity index (χ0v) is 9.48. The minimum absolute atomic E-state index is 0.215. The van der Waals surface area contributed by atoms with E-state index in [1.807, 2.05) is 18.2 Å². The topological polar surface area (TPSA) is 50.2 Å². The van der Waals surface area contributed by atoms with E-state index in [9.17, 15) is 4.79 Å². The predicted molar refractivity (Wildman–Crippen MR) is 66.3 cm³/mol. The lowest BCUT2D eigenvalue weighted by molar-refractivity contribution is 1.01. The first-order valence-electron chi connectivity index (χ1n) is 5.07. The Morgan fingerprint density at radius 3 is 2.88 bits per heavy atom. The highest BCUT2D eigenvalue weighted by atomic mass is 35.5. The maximum atomic E-state index is 11.5. The van der Waals surface area contributed by atoms with Gasteiger partial charge in [0.15, 0.2) is 0 Å². The van der Waals surface area contributed by atoms with Crippen LogP contribution in [0.3, 0.4) is 0 Å². The highest BCUT2D eigenvalue weighted by molar-refractivity contribution is 6.33. The maximum Gasteiger partial charge on any atom is 0.331 e. The van der Waals surface area contributed by atoms with E-state index in [1.54, 1.807) is 24.7 Å². The first-order valence-corrected chi connectivity index (χ1v) is 5.45. The van der Waals surface area contributed by atoms with Gasteiger partial charge in [-0.3, -0.25) is 4.40 Å². The van der Waals surface area contributed by atoms with E-state index in [0.29, 0.717) is 10.7 Å². The second kappa shape index (κ2) is 3.75. The van der Waals surface area contributed by atoms with Gasteiger partial charge in [-0.1, -0.05) is 29.8 Å². The van der Waals surface area contributed by atoms with Crippen molar-refractivity contribution in [3.8, 4) is 11.1 Å². The fraction of sp³-hybridized carbons (Fsp3) is 0. The number of aromatic amines is 1. The Morgan fingerprint density at radius 2 is 2.06 bits per heavy atom. The molecule has 17 heavy (non-hydrogen) atoms. The van der Waals surface area contributed by atoms with Crippen molar-refractivity contribution >= 4 is 17.2 Å². The summed E-state index contributed by atoms with van der Waals surface area (Å²) in [5.41, 5.74) is 2.04. The molecule has 0 fully saturated rings. The van der Waals surface area contributed by atoms with Crippen molar-refractivity contribution in [2.75, 3.05) is 0 Å². The standard InChI is InChI=1S/C12H8ClN3O/c13-10-4-2-1-3-8(10)9-7-15-12(17)16-6-5-14-11(9)16/h1-7H,(H,15,17). The van der Waals surface area contributed by atoms with Gasteiger partial charge in [-0.15, -0.1) is 0 Å². The first kappa shape index (κ1) is 10.1. The summed E-state index contributed by atoms with van der Waals surface area (Å²) in [6.07, 6.45) is 4.84. The molecule has 0 saturated heterocycles. The van der Waals surface area contributed by atoms with Crippen molar-refractivity contribution in [2.45, 2.75) is 0 Å². The smallest absolute Gasteiger partial charge is 0.313 e. The molecule has 0 aliphatic rings. The van der Waals surface area contributed by atoms with Gasteiger partial charge in [0.1, 0.15) is 5.65 Å². The van der Waals surface area contributed by atoms with Gasteiger partial charge < -0.3 is 4.98 Å². The van der Waals surface area contributed by atoms with Crippen molar-refractivity contribution < 1.29 is 0 Å². The Morgan fingerprint density at radius 1 is 1.24 bits per heavy atom. The molecular weight excluding hydrogens is 238 g/mol. The van der Waals surface area contributed by atoms with E-state index in [0.717, 1.165) is 11.1 Å². The van der Waals surface area contributed by atoms with Crippen LogP contribution < -0.4 is 5.69 Å². The molecule has 2 aromatic heterocycles. The molecule has 5 heteroatoms. The quantitative estimate of drug-likeness (QED) is 0.715. The average Bonchev–Trinajstić information content (AvgIpc) is 2.81. The van der Waals surface area contributed by atoms with Crippen LogP contribution in [0.15, 0.2) is 47.7 Å². The number of H-pyrrole nitrogens is 1. The predicted octanol–water partition coefficient (Wildman–Crippen LogP) is 2.34. The molecule has 0 aliphatic heterocycles. The van der Waals surface area contributed by atoms with Crippen LogP contribution in [0.4, 0.5) is 0 Å². The van der Waals surface area contributed by atoms with Crippen molar-refractivity contribution in [3.63, 3.8) is 0 Å². The Labute approximate surface area is 102 Å². The lowest BCUT2D eigenvalue weighted by atomic mass is 10.1. The molecule has 3 rings (SSSR count). The maximum absolute atomic E-state index is 11.5. The number of fused-ring (bicyclic) bond motifs is 1.